The monoisotopic (exact) mass is 410 g/mol. The van der Waals surface area contributed by atoms with E-state index < -0.39 is 5.91 Å². The molecule has 0 spiro atoms. The minimum absolute atomic E-state index is 0.0704. The summed E-state index contributed by atoms with van der Waals surface area (Å²) in [6, 6.07) is 16.1. The Labute approximate surface area is 173 Å². The molecule has 1 aromatic heterocycles. The van der Waals surface area contributed by atoms with Gasteiger partial charge in [0.05, 0.1) is 10.0 Å². The molecule has 4 nitrogen and oxygen atoms in total. The molecule has 3 rings (SSSR count). The molecule has 0 saturated heterocycles. The van der Waals surface area contributed by atoms with E-state index in [1.165, 1.54) is 6.08 Å². The summed E-state index contributed by atoms with van der Waals surface area (Å²) in [6.07, 6.45) is 1.39. The highest BCUT2D eigenvalue weighted by molar-refractivity contribution is 6.43. The van der Waals surface area contributed by atoms with Crippen LogP contribution in [-0.4, -0.2) is 5.91 Å². The van der Waals surface area contributed by atoms with Crippen LogP contribution in [0.3, 0.4) is 0 Å². The van der Waals surface area contributed by atoms with Crippen molar-refractivity contribution in [3.8, 4) is 17.4 Å². The van der Waals surface area contributed by atoms with Crippen molar-refractivity contribution in [2.24, 2.45) is 0 Å². The normalized spacial score (nSPS) is 11.2. The zero-order valence-corrected chi connectivity index (χ0v) is 16.7. The van der Waals surface area contributed by atoms with E-state index >= 15 is 0 Å². The van der Waals surface area contributed by atoms with E-state index in [4.69, 9.17) is 27.6 Å². The summed E-state index contributed by atoms with van der Waals surface area (Å²) in [5.74, 6) is 0.347. The largest absolute Gasteiger partial charge is 0.457 e. The third-order valence-electron chi connectivity index (χ3n) is 4.35. The van der Waals surface area contributed by atoms with Gasteiger partial charge in [-0.25, -0.2) is 0 Å². The second-order valence-electron chi connectivity index (χ2n) is 6.17. The van der Waals surface area contributed by atoms with Gasteiger partial charge in [-0.2, -0.15) is 5.26 Å². The Hall–Kier alpha value is -3.00. The van der Waals surface area contributed by atoms with Crippen molar-refractivity contribution in [1.82, 2.24) is 0 Å². The molecule has 3 aromatic rings. The van der Waals surface area contributed by atoms with Crippen LogP contribution in [0.1, 0.15) is 16.9 Å². The highest BCUT2D eigenvalue weighted by atomic mass is 35.5. The minimum Gasteiger partial charge on any atom is -0.457 e. The molecule has 0 unspecified atom stereocenters. The molecule has 0 atom stereocenters. The lowest BCUT2D eigenvalue weighted by atomic mass is 10.1. The first kappa shape index (κ1) is 19.8. The maximum atomic E-state index is 12.5. The Balaban J connectivity index is 1.86. The number of benzene rings is 2. The number of hydrogen-bond acceptors (Lipinski definition) is 3. The van der Waals surface area contributed by atoms with Gasteiger partial charge in [0.1, 0.15) is 23.2 Å². The summed E-state index contributed by atoms with van der Waals surface area (Å²) >= 11 is 12.3. The molecule has 2 aromatic carbocycles. The Morgan fingerprint density at radius 2 is 1.86 bits per heavy atom. The van der Waals surface area contributed by atoms with Gasteiger partial charge < -0.3 is 9.73 Å². The van der Waals surface area contributed by atoms with Crippen LogP contribution in [0.4, 0.5) is 5.69 Å². The highest BCUT2D eigenvalue weighted by Gasteiger charge is 2.14. The van der Waals surface area contributed by atoms with Crippen molar-refractivity contribution in [3.05, 3.63) is 81.0 Å². The maximum Gasteiger partial charge on any atom is 0.266 e. The van der Waals surface area contributed by atoms with E-state index in [0.717, 1.165) is 11.1 Å². The van der Waals surface area contributed by atoms with Crippen LogP contribution >= 0.6 is 23.2 Å². The van der Waals surface area contributed by atoms with Crippen LogP contribution in [0.5, 0.6) is 0 Å². The van der Waals surface area contributed by atoms with Crippen molar-refractivity contribution in [1.29, 1.82) is 5.26 Å². The summed E-state index contributed by atoms with van der Waals surface area (Å²) < 4.78 is 5.73. The third kappa shape index (κ3) is 4.12. The summed E-state index contributed by atoms with van der Waals surface area (Å²) in [6.45, 7) is 3.87. The van der Waals surface area contributed by atoms with Crippen LogP contribution in [0.15, 0.2) is 58.5 Å². The first-order chi connectivity index (χ1) is 13.4. The predicted octanol–water partition coefficient (Wildman–Crippen LogP) is 6.42. The molecule has 0 aliphatic carbocycles. The van der Waals surface area contributed by atoms with Crippen molar-refractivity contribution in [2.75, 3.05) is 5.32 Å². The number of amides is 1. The second-order valence-corrected chi connectivity index (χ2v) is 6.96. The number of halogens is 2. The van der Waals surface area contributed by atoms with Gasteiger partial charge in [0.25, 0.3) is 5.91 Å². The fraction of sp³-hybridized carbons (Fsp3) is 0.0909. The topological polar surface area (TPSA) is 66.0 Å². The fourth-order valence-electron chi connectivity index (χ4n) is 2.64. The Kier molecular flexibility index (Phi) is 5.89. The van der Waals surface area contributed by atoms with Crippen molar-refractivity contribution >= 4 is 40.9 Å². The second kappa shape index (κ2) is 8.35. The lowest BCUT2D eigenvalue weighted by molar-refractivity contribution is -0.112. The lowest BCUT2D eigenvalue weighted by Crippen LogP contribution is -2.14. The summed E-state index contributed by atoms with van der Waals surface area (Å²) in [7, 11) is 0. The average Bonchev–Trinajstić information content (AvgIpc) is 3.14. The summed E-state index contributed by atoms with van der Waals surface area (Å²) in [4.78, 5) is 12.5. The quantitative estimate of drug-likeness (QED) is 0.398. The number of anilines is 1. The van der Waals surface area contributed by atoms with Gasteiger partial charge in [0.15, 0.2) is 0 Å². The molecule has 0 bridgehead atoms. The molecule has 0 radical (unpaired) electrons. The molecular weight excluding hydrogens is 395 g/mol. The van der Waals surface area contributed by atoms with E-state index in [9.17, 15) is 10.1 Å². The SMILES string of the molecule is Cc1cccc(NC(=O)/C(C#N)=C/c2ccc(-c3cccc(Cl)c3Cl)o2)c1C. The fourth-order valence-corrected chi connectivity index (χ4v) is 3.03. The van der Waals surface area contributed by atoms with Gasteiger partial charge in [-0.3, -0.25) is 4.79 Å². The first-order valence-corrected chi connectivity index (χ1v) is 9.20. The van der Waals surface area contributed by atoms with Gasteiger partial charge in [-0.05, 0) is 55.3 Å². The van der Waals surface area contributed by atoms with Gasteiger partial charge in [-0.1, -0.05) is 41.4 Å². The molecule has 1 heterocycles. The van der Waals surface area contributed by atoms with Crippen molar-refractivity contribution in [2.45, 2.75) is 13.8 Å². The van der Waals surface area contributed by atoms with Crippen LogP contribution in [0.2, 0.25) is 10.0 Å². The molecule has 1 amide bonds. The third-order valence-corrected chi connectivity index (χ3v) is 5.17. The van der Waals surface area contributed by atoms with Crippen molar-refractivity contribution < 1.29 is 9.21 Å². The number of nitrogens with one attached hydrogen (secondary N) is 1. The summed E-state index contributed by atoms with van der Waals surface area (Å²) in [5, 5.41) is 13.0. The van der Waals surface area contributed by atoms with E-state index in [2.05, 4.69) is 5.32 Å². The molecule has 0 aliphatic heterocycles. The van der Waals surface area contributed by atoms with Crippen LogP contribution in [0.25, 0.3) is 17.4 Å². The molecule has 28 heavy (non-hydrogen) atoms. The number of carbonyl (C=O) groups is 1. The predicted molar refractivity (Wildman–Crippen MR) is 112 cm³/mol. The zero-order chi connectivity index (χ0) is 20.3. The van der Waals surface area contributed by atoms with Gasteiger partial charge in [0, 0.05) is 17.3 Å². The van der Waals surface area contributed by atoms with Crippen LogP contribution in [-0.2, 0) is 4.79 Å². The average molecular weight is 411 g/mol. The van der Waals surface area contributed by atoms with E-state index in [1.807, 2.05) is 32.0 Å². The van der Waals surface area contributed by atoms with Crippen LogP contribution in [0, 0.1) is 25.2 Å². The number of furan rings is 1. The molecule has 1 N–H and O–H groups in total. The lowest BCUT2D eigenvalue weighted by Gasteiger charge is -2.09. The Morgan fingerprint density at radius 3 is 2.61 bits per heavy atom. The first-order valence-electron chi connectivity index (χ1n) is 8.44. The number of carbonyl (C=O) groups excluding carboxylic acids is 1. The summed E-state index contributed by atoms with van der Waals surface area (Å²) in [5.41, 5.74) is 3.22. The number of nitriles is 1. The highest BCUT2D eigenvalue weighted by Crippen LogP contribution is 2.34. The number of aryl methyl sites for hydroxylation is 1. The van der Waals surface area contributed by atoms with Crippen molar-refractivity contribution in [3.63, 3.8) is 0 Å². The standard InChI is InChI=1S/C22H16Cl2N2O2/c1-13-5-3-8-19(14(13)2)26-22(27)15(12-25)11-16-9-10-20(28-16)17-6-4-7-18(23)21(17)24/h3-11H,1-2H3,(H,26,27)/b15-11+. The minimum atomic E-state index is -0.505. The zero-order valence-electron chi connectivity index (χ0n) is 15.2. The maximum absolute atomic E-state index is 12.5. The number of hydrogen-bond donors (Lipinski definition) is 1. The van der Waals surface area contributed by atoms with E-state index in [1.54, 1.807) is 36.4 Å². The molecule has 6 heteroatoms. The molecule has 0 aliphatic rings. The Bertz CT molecular complexity index is 1120. The Morgan fingerprint density at radius 1 is 1.11 bits per heavy atom. The molecule has 0 saturated carbocycles. The van der Waals surface area contributed by atoms with E-state index in [0.29, 0.717) is 32.8 Å². The number of rotatable bonds is 4. The van der Waals surface area contributed by atoms with Gasteiger partial charge in [-0.15, -0.1) is 0 Å². The van der Waals surface area contributed by atoms with E-state index in [-0.39, 0.29) is 5.57 Å². The molecule has 140 valence electrons. The van der Waals surface area contributed by atoms with Gasteiger partial charge in [0.2, 0.25) is 0 Å². The molecule has 0 fully saturated rings. The van der Waals surface area contributed by atoms with Gasteiger partial charge >= 0.3 is 0 Å². The molecular formula is C22H16Cl2N2O2. The smallest absolute Gasteiger partial charge is 0.266 e. The van der Waals surface area contributed by atoms with Crippen LogP contribution < -0.4 is 5.32 Å². The number of nitrogens with zero attached hydrogens (tertiary/aromatic N) is 1.